The lowest BCUT2D eigenvalue weighted by molar-refractivity contribution is -0.117. The van der Waals surface area contributed by atoms with Crippen LogP contribution in [0.2, 0.25) is 0 Å². The molecule has 0 unspecified atom stereocenters. The molecule has 6 nitrogen and oxygen atoms in total. The van der Waals surface area contributed by atoms with E-state index in [4.69, 9.17) is 0 Å². The number of nitrogens with one attached hydrogen (secondary N) is 2. The molecule has 1 fully saturated rings. The van der Waals surface area contributed by atoms with Gasteiger partial charge in [-0.1, -0.05) is 12.1 Å². The van der Waals surface area contributed by atoms with Crippen molar-refractivity contribution in [2.45, 2.75) is 12.3 Å². The third-order valence-electron chi connectivity index (χ3n) is 3.91. The number of hydrogen-bond acceptors (Lipinski definition) is 3. The minimum Gasteiger partial charge on any atom is -0.324 e. The smallest absolute Gasteiger partial charge is 0.230 e. The number of fused-ring (bicyclic) bond motifs is 1. The van der Waals surface area contributed by atoms with Gasteiger partial charge in [0.2, 0.25) is 11.9 Å². The summed E-state index contributed by atoms with van der Waals surface area (Å²) in [6.45, 7) is 0. The summed E-state index contributed by atoms with van der Waals surface area (Å²) in [7, 11) is 1.88. The molecule has 2 N–H and O–H groups in total. The van der Waals surface area contributed by atoms with E-state index in [0.29, 0.717) is 5.95 Å². The molecule has 2 atom stereocenters. The minimum absolute atomic E-state index is 0.0161. The van der Waals surface area contributed by atoms with Crippen LogP contribution in [-0.2, 0) is 11.8 Å². The van der Waals surface area contributed by atoms with Crippen LogP contribution in [0.4, 0.5) is 5.95 Å². The van der Waals surface area contributed by atoms with E-state index < -0.39 is 0 Å². The normalized spacial score (nSPS) is 20.6. The van der Waals surface area contributed by atoms with Crippen molar-refractivity contribution in [1.82, 2.24) is 19.7 Å². The molecule has 6 heteroatoms. The number of rotatable bonds is 3. The zero-order valence-corrected chi connectivity index (χ0v) is 11.6. The first kappa shape index (κ1) is 12.1. The summed E-state index contributed by atoms with van der Waals surface area (Å²) in [6.07, 6.45) is 4.68. The van der Waals surface area contributed by atoms with Gasteiger partial charge in [-0.3, -0.25) is 14.8 Å². The summed E-state index contributed by atoms with van der Waals surface area (Å²) in [5, 5.41) is 7.02. The van der Waals surface area contributed by atoms with Crippen molar-refractivity contribution in [3.8, 4) is 0 Å². The molecule has 2 heterocycles. The van der Waals surface area contributed by atoms with E-state index in [2.05, 4.69) is 20.4 Å². The molecule has 1 aromatic carbocycles. The topological polar surface area (TPSA) is 75.6 Å². The standard InChI is InChI=1S/C15H15N5O/c1-20-8-9(7-16-20)10-6-11(10)14(21)19-15-17-12-4-2-3-5-13(12)18-15/h2-5,7-8,10-11H,6H2,1H3,(H2,17,18,19,21)/t10-,11+/m1/s1. The molecule has 106 valence electrons. The van der Waals surface area contributed by atoms with Gasteiger partial charge >= 0.3 is 0 Å². The van der Waals surface area contributed by atoms with Crippen LogP contribution in [0.3, 0.4) is 0 Å². The van der Waals surface area contributed by atoms with Crippen LogP contribution < -0.4 is 5.32 Å². The Labute approximate surface area is 121 Å². The maximum Gasteiger partial charge on any atom is 0.230 e. The van der Waals surface area contributed by atoms with E-state index >= 15 is 0 Å². The Morgan fingerprint density at radius 2 is 2.29 bits per heavy atom. The molecule has 4 rings (SSSR count). The zero-order chi connectivity index (χ0) is 14.4. The maximum absolute atomic E-state index is 12.2. The Morgan fingerprint density at radius 1 is 1.43 bits per heavy atom. The van der Waals surface area contributed by atoms with Crippen LogP contribution in [0.5, 0.6) is 0 Å². The number of aryl methyl sites for hydroxylation is 1. The first-order valence-electron chi connectivity index (χ1n) is 6.95. The van der Waals surface area contributed by atoms with Crippen LogP contribution in [0.1, 0.15) is 17.9 Å². The van der Waals surface area contributed by atoms with Gasteiger partial charge in [-0.15, -0.1) is 0 Å². The second-order valence-electron chi connectivity index (χ2n) is 5.49. The molecular formula is C15H15N5O. The summed E-state index contributed by atoms with van der Waals surface area (Å²) in [5.74, 6) is 0.825. The van der Waals surface area contributed by atoms with E-state index in [0.717, 1.165) is 23.0 Å². The van der Waals surface area contributed by atoms with Crippen LogP contribution >= 0.6 is 0 Å². The number of carbonyl (C=O) groups is 1. The summed E-state index contributed by atoms with van der Waals surface area (Å²) in [4.78, 5) is 19.7. The average molecular weight is 281 g/mol. The molecule has 21 heavy (non-hydrogen) atoms. The molecule has 2 aromatic heterocycles. The maximum atomic E-state index is 12.2. The molecule has 0 radical (unpaired) electrons. The number of carbonyl (C=O) groups excluding carboxylic acids is 1. The van der Waals surface area contributed by atoms with Crippen molar-refractivity contribution < 1.29 is 4.79 Å². The van der Waals surface area contributed by atoms with Gasteiger partial charge in [0.15, 0.2) is 0 Å². The highest BCUT2D eigenvalue weighted by Crippen LogP contribution is 2.47. The zero-order valence-electron chi connectivity index (χ0n) is 11.6. The number of hydrogen-bond donors (Lipinski definition) is 2. The lowest BCUT2D eigenvalue weighted by atomic mass is 10.2. The third-order valence-corrected chi connectivity index (χ3v) is 3.91. The number of H-pyrrole nitrogens is 1. The van der Waals surface area contributed by atoms with Crippen LogP contribution in [0.15, 0.2) is 36.7 Å². The fourth-order valence-electron chi connectivity index (χ4n) is 2.71. The van der Waals surface area contributed by atoms with Gasteiger partial charge in [0.1, 0.15) is 0 Å². The average Bonchev–Trinajstić information content (AvgIpc) is 2.99. The first-order valence-corrected chi connectivity index (χ1v) is 6.95. The minimum atomic E-state index is 0.0161. The van der Waals surface area contributed by atoms with Crippen LogP contribution in [-0.4, -0.2) is 25.7 Å². The van der Waals surface area contributed by atoms with Gasteiger partial charge in [0.05, 0.1) is 17.2 Å². The summed E-state index contributed by atoms with van der Waals surface area (Å²) < 4.78 is 1.77. The number of amides is 1. The van der Waals surface area contributed by atoms with Gasteiger partial charge < -0.3 is 4.98 Å². The second-order valence-corrected chi connectivity index (χ2v) is 5.49. The quantitative estimate of drug-likeness (QED) is 0.771. The predicted octanol–water partition coefficient (Wildman–Crippen LogP) is 2.04. The SMILES string of the molecule is Cn1cc([C@H]2C[C@@H]2C(=O)Nc2nc3ccccc3[nH]2)cn1. The lowest BCUT2D eigenvalue weighted by Gasteiger charge is -2.00. The number of aromatic nitrogens is 4. The molecule has 0 aliphatic heterocycles. The van der Waals surface area contributed by atoms with Crippen molar-refractivity contribution in [3.05, 3.63) is 42.2 Å². The molecule has 1 aliphatic carbocycles. The van der Waals surface area contributed by atoms with E-state index in [1.54, 1.807) is 4.68 Å². The number of anilines is 1. The monoisotopic (exact) mass is 281 g/mol. The van der Waals surface area contributed by atoms with E-state index in [9.17, 15) is 4.79 Å². The number of para-hydroxylation sites is 2. The highest BCUT2D eigenvalue weighted by molar-refractivity contribution is 5.95. The van der Waals surface area contributed by atoms with E-state index in [1.165, 1.54) is 0 Å². The Kier molecular flexibility index (Phi) is 2.57. The Hall–Kier alpha value is -2.63. The summed E-state index contributed by atoms with van der Waals surface area (Å²) >= 11 is 0. The highest BCUT2D eigenvalue weighted by atomic mass is 16.2. The fraction of sp³-hybridized carbons (Fsp3) is 0.267. The van der Waals surface area contributed by atoms with E-state index in [-0.39, 0.29) is 17.7 Å². The van der Waals surface area contributed by atoms with Crippen LogP contribution in [0.25, 0.3) is 11.0 Å². The van der Waals surface area contributed by atoms with Crippen molar-refractivity contribution in [3.63, 3.8) is 0 Å². The predicted molar refractivity (Wildman–Crippen MR) is 78.8 cm³/mol. The van der Waals surface area contributed by atoms with Crippen molar-refractivity contribution in [2.75, 3.05) is 5.32 Å². The van der Waals surface area contributed by atoms with Gasteiger partial charge in [-0.2, -0.15) is 5.10 Å². The molecule has 1 aliphatic rings. The second kappa shape index (κ2) is 4.44. The Balaban J connectivity index is 1.47. The van der Waals surface area contributed by atoms with Crippen LogP contribution in [0, 0.1) is 5.92 Å². The lowest BCUT2D eigenvalue weighted by Crippen LogP contribution is -2.15. The fourth-order valence-corrected chi connectivity index (χ4v) is 2.71. The molecule has 0 spiro atoms. The van der Waals surface area contributed by atoms with Gasteiger partial charge in [0.25, 0.3) is 0 Å². The van der Waals surface area contributed by atoms with Gasteiger partial charge in [0, 0.05) is 19.2 Å². The third kappa shape index (κ3) is 2.18. The first-order chi connectivity index (χ1) is 10.2. The highest BCUT2D eigenvalue weighted by Gasteiger charge is 2.44. The van der Waals surface area contributed by atoms with Crippen molar-refractivity contribution in [1.29, 1.82) is 0 Å². The number of nitrogens with zero attached hydrogens (tertiary/aromatic N) is 3. The molecular weight excluding hydrogens is 266 g/mol. The number of aromatic amines is 1. The van der Waals surface area contributed by atoms with E-state index in [1.807, 2.05) is 43.7 Å². The largest absolute Gasteiger partial charge is 0.324 e. The van der Waals surface area contributed by atoms with Gasteiger partial charge in [-0.25, -0.2) is 4.98 Å². The van der Waals surface area contributed by atoms with Gasteiger partial charge in [-0.05, 0) is 30.0 Å². The molecule has 3 aromatic rings. The number of imidazole rings is 1. The van der Waals surface area contributed by atoms with Crippen molar-refractivity contribution in [2.24, 2.45) is 13.0 Å². The van der Waals surface area contributed by atoms with Crippen molar-refractivity contribution >= 4 is 22.9 Å². The molecule has 0 bridgehead atoms. The summed E-state index contributed by atoms with van der Waals surface area (Å²) in [5.41, 5.74) is 2.90. The Morgan fingerprint density at radius 3 is 3.05 bits per heavy atom. The summed E-state index contributed by atoms with van der Waals surface area (Å²) in [6, 6.07) is 7.71. The molecule has 0 saturated heterocycles. The molecule has 1 amide bonds. The number of benzene rings is 1. The Bertz CT molecular complexity index is 785. The molecule has 1 saturated carbocycles.